The molecular formula is C13H10ClN4O6P. The van der Waals surface area contributed by atoms with E-state index >= 15 is 0 Å². The van der Waals surface area contributed by atoms with Crippen LogP contribution in [-0.2, 0) is 4.57 Å². The predicted octanol–water partition coefficient (Wildman–Crippen LogP) is 0.985. The molecule has 130 valence electrons. The standard InChI is InChI=1S/C13H10ClN4O6P/c14-11-8-7(12(19)17-18-13(8)20)9(15)10(16-11)5-1-3-6(4-2-5)24-25(21,22)23/h1-4H,15H2,(H,17,19)(H,18,20)(H2,21,22,23). The molecule has 2 aromatic heterocycles. The van der Waals surface area contributed by atoms with Crippen LogP contribution in [0.5, 0.6) is 5.75 Å². The van der Waals surface area contributed by atoms with Crippen LogP contribution in [0.25, 0.3) is 22.0 Å². The number of benzene rings is 1. The van der Waals surface area contributed by atoms with Gasteiger partial charge in [0.2, 0.25) is 0 Å². The summed E-state index contributed by atoms with van der Waals surface area (Å²) >= 11 is 6.01. The maximum Gasteiger partial charge on any atom is 0.524 e. The number of nitrogens with zero attached hydrogens (tertiary/aromatic N) is 1. The van der Waals surface area contributed by atoms with E-state index in [1.54, 1.807) is 0 Å². The number of nitrogen functional groups attached to an aromatic ring is 1. The van der Waals surface area contributed by atoms with Crippen LogP contribution in [0.3, 0.4) is 0 Å². The number of anilines is 1. The molecule has 0 spiro atoms. The zero-order chi connectivity index (χ0) is 18.4. The maximum atomic E-state index is 12.0. The molecule has 0 amide bonds. The Balaban J connectivity index is 2.19. The monoisotopic (exact) mass is 384 g/mol. The third kappa shape index (κ3) is 3.28. The van der Waals surface area contributed by atoms with E-state index in [-0.39, 0.29) is 33.1 Å². The van der Waals surface area contributed by atoms with Gasteiger partial charge in [0.25, 0.3) is 11.1 Å². The first-order chi connectivity index (χ1) is 11.7. The molecule has 0 bridgehead atoms. The van der Waals surface area contributed by atoms with Gasteiger partial charge < -0.3 is 10.3 Å². The number of halogens is 1. The van der Waals surface area contributed by atoms with Gasteiger partial charge in [-0.05, 0) is 24.3 Å². The first kappa shape index (κ1) is 17.2. The molecule has 0 saturated carbocycles. The first-order valence-corrected chi connectivity index (χ1v) is 8.53. The lowest BCUT2D eigenvalue weighted by Crippen LogP contribution is -2.21. The molecule has 0 atom stereocenters. The second-order valence-corrected chi connectivity index (χ2v) is 6.45. The molecule has 0 aliphatic carbocycles. The van der Waals surface area contributed by atoms with Gasteiger partial charge in [-0.1, -0.05) is 11.6 Å². The van der Waals surface area contributed by atoms with Gasteiger partial charge in [-0.2, -0.15) is 0 Å². The van der Waals surface area contributed by atoms with E-state index in [0.29, 0.717) is 5.56 Å². The number of hydrogen-bond acceptors (Lipinski definition) is 6. The molecule has 6 N–H and O–H groups in total. The summed E-state index contributed by atoms with van der Waals surface area (Å²) in [7, 11) is -4.68. The lowest BCUT2D eigenvalue weighted by molar-refractivity contribution is 0.283. The van der Waals surface area contributed by atoms with Crippen molar-refractivity contribution in [2.24, 2.45) is 0 Å². The number of aromatic nitrogens is 3. The largest absolute Gasteiger partial charge is 0.524 e. The van der Waals surface area contributed by atoms with E-state index < -0.39 is 18.9 Å². The Morgan fingerprint density at radius 3 is 2.20 bits per heavy atom. The maximum absolute atomic E-state index is 12.0. The fraction of sp³-hybridized carbons (Fsp3) is 0. The van der Waals surface area contributed by atoms with Crippen molar-refractivity contribution in [1.29, 1.82) is 0 Å². The molecule has 3 aromatic rings. The minimum atomic E-state index is -4.68. The molecule has 0 unspecified atom stereocenters. The summed E-state index contributed by atoms with van der Waals surface area (Å²) in [5.74, 6) is -0.0724. The van der Waals surface area contributed by atoms with Crippen molar-refractivity contribution in [3.8, 4) is 17.0 Å². The summed E-state index contributed by atoms with van der Waals surface area (Å²) in [6, 6.07) is 5.42. The van der Waals surface area contributed by atoms with E-state index in [1.807, 2.05) is 0 Å². The number of pyridine rings is 1. The third-order valence-corrected chi connectivity index (χ3v) is 4.01. The number of phosphoric acid groups is 1. The molecule has 3 rings (SSSR count). The number of nitrogens with one attached hydrogen (secondary N) is 2. The molecule has 10 nitrogen and oxygen atoms in total. The lowest BCUT2D eigenvalue weighted by Gasteiger charge is -2.10. The zero-order valence-electron chi connectivity index (χ0n) is 12.2. The second kappa shape index (κ2) is 6.01. The van der Waals surface area contributed by atoms with E-state index in [1.165, 1.54) is 24.3 Å². The smallest absolute Gasteiger partial charge is 0.404 e. The van der Waals surface area contributed by atoms with Gasteiger partial charge in [0.15, 0.2) is 0 Å². The van der Waals surface area contributed by atoms with Crippen molar-refractivity contribution < 1.29 is 18.9 Å². The van der Waals surface area contributed by atoms with Crippen LogP contribution in [-0.4, -0.2) is 25.0 Å². The molecular weight excluding hydrogens is 375 g/mol. The number of aromatic amines is 2. The summed E-state index contributed by atoms with van der Waals surface area (Å²) in [6.07, 6.45) is 0. The molecule has 2 heterocycles. The fourth-order valence-corrected chi connectivity index (χ4v) is 2.94. The first-order valence-electron chi connectivity index (χ1n) is 6.62. The van der Waals surface area contributed by atoms with E-state index in [4.69, 9.17) is 27.1 Å². The Kier molecular flexibility index (Phi) is 4.13. The van der Waals surface area contributed by atoms with Crippen molar-refractivity contribution >= 4 is 35.9 Å². The highest BCUT2D eigenvalue weighted by molar-refractivity contribution is 7.46. The summed E-state index contributed by atoms with van der Waals surface area (Å²) in [5.41, 5.74) is 5.17. The molecule has 0 fully saturated rings. The van der Waals surface area contributed by atoms with E-state index in [2.05, 4.69) is 19.7 Å². The summed E-state index contributed by atoms with van der Waals surface area (Å²) in [6.45, 7) is 0. The van der Waals surface area contributed by atoms with Crippen molar-refractivity contribution in [3.05, 3.63) is 50.1 Å². The van der Waals surface area contributed by atoms with Crippen molar-refractivity contribution in [3.63, 3.8) is 0 Å². The molecule has 0 radical (unpaired) electrons. The molecule has 12 heteroatoms. The Morgan fingerprint density at radius 1 is 1.08 bits per heavy atom. The van der Waals surface area contributed by atoms with Crippen LogP contribution in [0, 0.1) is 0 Å². The molecule has 0 aliphatic rings. The number of H-pyrrole nitrogens is 2. The lowest BCUT2D eigenvalue weighted by atomic mass is 10.1. The highest BCUT2D eigenvalue weighted by atomic mass is 35.5. The number of hydrogen-bond donors (Lipinski definition) is 5. The summed E-state index contributed by atoms with van der Waals surface area (Å²) < 4.78 is 15.3. The number of nitrogens with two attached hydrogens (primary N) is 1. The SMILES string of the molecule is Nc1c(-c2ccc(OP(=O)(O)O)cc2)nc(Cl)c2c(=O)[nH][nH]c(=O)c12. The minimum absolute atomic E-state index is 0.0598. The molecule has 1 aromatic carbocycles. The molecule has 25 heavy (non-hydrogen) atoms. The summed E-state index contributed by atoms with van der Waals surface area (Å²) in [5, 5.41) is 3.85. The van der Waals surface area contributed by atoms with Crippen LogP contribution in [0.1, 0.15) is 0 Å². The van der Waals surface area contributed by atoms with E-state index in [9.17, 15) is 14.2 Å². The van der Waals surface area contributed by atoms with Crippen LogP contribution >= 0.6 is 19.4 Å². The van der Waals surface area contributed by atoms with Crippen LogP contribution < -0.4 is 21.4 Å². The highest BCUT2D eigenvalue weighted by Gasteiger charge is 2.19. The average Bonchev–Trinajstić information content (AvgIpc) is 2.52. The van der Waals surface area contributed by atoms with Crippen LogP contribution in [0.2, 0.25) is 5.15 Å². The highest BCUT2D eigenvalue weighted by Crippen LogP contribution is 2.38. The fourth-order valence-electron chi connectivity index (χ4n) is 2.28. The second-order valence-electron chi connectivity index (χ2n) is 4.93. The Morgan fingerprint density at radius 2 is 1.64 bits per heavy atom. The predicted molar refractivity (Wildman–Crippen MR) is 90.5 cm³/mol. The summed E-state index contributed by atoms with van der Waals surface area (Å²) in [4.78, 5) is 45.4. The van der Waals surface area contributed by atoms with Crippen molar-refractivity contribution in [1.82, 2.24) is 15.2 Å². The molecule has 0 aliphatic heterocycles. The van der Waals surface area contributed by atoms with Crippen LogP contribution in [0.4, 0.5) is 5.69 Å². The Hall–Kier alpha value is -2.65. The number of fused-ring (bicyclic) bond motifs is 1. The zero-order valence-corrected chi connectivity index (χ0v) is 13.8. The minimum Gasteiger partial charge on any atom is -0.404 e. The van der Waals surface area contributed by atoms with Gasteiger partial charge in [-0.15, -0.1) is 0 Å². The number of phosphoric ester groups is 1. The van der Waals surface area contributed by atoms with Gasteiger partial charge in [0.1, 0.15) is 10.9 Å². The molecule has 0 saturated heterocycles. The van der Waals surface area contributed by atoms with Gasteiger partial charge in [-0.25, -0.2) is 9.55 Å². The number of rotatable bonds is 3. The third-order valence-electron chi connectivity index (χ3n) is 3.29. The Labute approximate surface area is 143 Å². The average molecular weight is 385 g/mol. The van der Waals surface area contributed by atoms with Gasteiger partial charge in [0, 0.05) is 5.56 Å². The topological polar surface area (TPSA) is 171 Å². The van der Waals surface area contributed by atoms with Gasteiger partial charge in [0.05, 0.1) is 22.2 Å². The van der Waals surface area contributed by atoms with Crippen molar-refractivity contribution in [2.75, 3.05) is 5.73 Å². The van der Waals surface area contributed by atoms with Crippen molar-refractivity contribution in [2.45, 2.75) is 0 Å². The quantitative estimate of drug-likeness (QED) is 0.328. The normalized spacial score (nSPS) is 11.6. The van der Waals surface area contributed by atoms with Gasteiger partial charge in [-0.3, -0.25) is 29.6 Å². The van der Waals surface area contributed by atoms with E-state index in [0.717, 1.165) is 0 Å². The van der Waals surface area contributed by atoms with Crippen LogP contribution in [0.15, 0.2) is 33.9 Å². The van der Waals surface area contributed by atoms with Gasteiger partial charge >= 0.3 is 7.82 Å². The Bertz CT molecular complexity index is 1130.